The first-order chi connectivity index (χ1) is 10.2. The fourth-order valence-electron chi connectivity index (χ4n) is 2.57. The molecule has 0 unspecified atom stereocenters. The normalized spacial score (nSPS) is 16.7. The second-order valence-corrected chi connectivity index (χ2v) is 5.48. The van der Waals surface area contributed by atoms with Gasteiger partial charge in [0.05, 0.1) is 27.1 Å². The van der Waals surface area contributed by atoms with Crippen molar-refractivity contribution in [2.75, 3.05) is 46.9 Å². The van der Waals surface area contributed by atoms with Gasteiger partial charge in [0, 0.05) is 13.1 Å². The largest absolute Gasteiger partial charge is 0.469 e. The number of hydrogen-bond donors (Lipinski definition) is 1. The zero-order valence-electron chi connectivity index (χ0n) is 13.2. The van der Waals surface area contributed by atoms with E-state index in [1.54, 1.807) is 0 Å². The summed E-state index contributed by atoms with van der Waals surface area (Å²) in [6.45, 7) is 4.55. The maximum absolute atomic E-state index is 11.1. The molecule has 1 aliphatic heterocycles. The molecule has 0 amide bonds. The van der Waals surface area contributed by atoms with E-state index in [4.69, 9.17) is 0 Å². The average molecular weight is 300 g/mol. The number of rotatable bonds is 9. The molecule has 1 aliphatic rings. The number of ether oxygens (including phenoxy) is 2. The topological polar surface area (TPSA) is 67.9 Å². The van der Waals surface area contributed by atoms with Crippen LogP contribution in [0, 0.1) is 5.92 Å². The highest BCUT2D eigenvalue weighted by Crippen LogP contribution is 2.20. The Morgan fingerprint density at radius 1 is 1.05 bits per heavy atom. The van der Waals surface area contributed by atoms with Crippen LogP contribution in [0.2, 0.25) is 0 Å². The lowest BCUT2D eigenvalue weighted by atomic mass is 9.93. The number of nitrogens with zero attached hydrogens (tertiary/aromatic N) is 1. The molecule has 0 spiro atoms. The maximum atomic E-state index is 11.1. The highest BCUT2D eigenvalue weighted by Gasteiger charge is 2.19. The van der Waals surface area contributed by atoms with E-state index in [1.165, 1.54) is 27.1 Å². The van der Waals surface area contributed by atoms with Crippen molar-refractivity contribution in [1.29, 1.82) is 0 Å². The molecule has 1 saturated heterocycles. The van der Waals surface area contributed by atoms with E-state index in [9.17, 15) is 9.59 Å². The Morgan fingerprint density at radius 2 is 1.67 bits per heavy atom. The monoisotopic (exact) mass is 300 g/mol. The van der Waals surface area contributed by atoms with E-state index >= 15 is 0 Å². The van der Waals surface area contributed by atoms with Gasteiger partial charge in [0.2, 0.25) is 0 Å². The standard InChI is InChI=1S/C15H28N2O4/c1-20-14(18)4-9-16-8-3-13-5-10-17(11-6-13)12-7-15(19)21-2/h13,16H,3-12H2,1-2H3. The second kappa shape index (κ2) is 10.6. The van der Waals surface area contributed by atoms with Crippen molar-refractivity contribution in [3.8, 4) is 0 Å². The molecule has 1 rings (SSSR count). The minimum Gasteiger partial charge on any atom is -0.469 e. The van der Waals surface area contributed by atoms with Gasteiger partial charge in [-0.2, -0.15) is 0 Å². The Morgan fingerprint density at radius 3 is 2.29 bits per heavy atom. The molecule has 0 aromatic carbocycles. The van der Waals surface area contributed by atoms with Crippen molar-refractivity contribution in [3.05, 3.63) is 0 Å². The minimum atomic E-state index is -0.165. The Kier molecular flexibility index (Phi) is 9.01. The first kappa shape index (κ1) is 17.9. The van der Waals surface area contributed by atoms with Gasteiger partial charge >= 0.3 is 11.9 Å². The van der Waals surface area contributed by atoms with Gasteiger partial charge in [0.25, 0.3) is 0 Å². The van der Waals surface area contributed by atoms with Crippen LogP contribution in [-0.2, 0) is 19.1 Å². The Balaban J connectivity index is 2.00. The molecule has 1 fully saturated rings. The van der Waals surface area contributed by atoms with Crippen LogP contribution in [0.15, 0.2) is 0 Å². The van der Waals surface area contributed by atoms with E-state index in [2.05, 4.69) is 19.7 Å². The third kappa shape index (κ3) is 8.02. The molecular weight excluding hydrogens is 272 g/mol. The number of carbonyl (C=O) groups is 2. The molecule has 0 saturated carbocycles. The Hall–Kier alpha value is -1.14. The second-order valence-electron chi connectivity index (χ2n) is 5.48. The molecule has 0 aromatic heterocycles. The molecular formula is C15H28N2O4. The van der Waals surface area contributed by atoms with Gasteiger partial charge in [-0.15, -0.1) is 0 Å². The average Bonchev–Trinajstić information content (AvgIpc) is 2.53. The molecule has 0 aliphatic carbocycles. The van der Waals surface area contributed by atoms with Crippen molar-refractivity contribution < 1.29 is 19.1 Å². The van der Waals surface area contributed by atoms with E-state index in [1.807, 2.05) is 0 Å². The van der Waals surface area contributed by atoms with Crippen LogP contribution in [-0.4, -0.2) is 63.8 Å². The third-order valence-corrected chi connectivity index (χ3v) is 4.03. The van der Waals surface area contributed by atoms with Gasteiger partial charge < -0.3 is 19.7 Å². The van der Waals surface area contributed by atoms with Crippen LogP contribution in [0.1, 0.15) is 32.1 Å². The lowest BCUT2D eigenvalue weighted by molar-refractivity contribution is -0.141. The Bertz CT molecular complexity index is 312. The van der Waals surface area contributed by atoms with Crippen molar-refractivity contribution in [2.45, 2.75) is 32.1 Å². The van der Waals surface area contributed by atoms with E-state index in [0.29, 0.717) is 19.4 Å². The van der Waals surface area contributed by atoms with Gasteiger partial charge in [0.15, 0.2) is 0 Å². The van der Waals surface area contributed by atoms with E-state index in [0.717, 1.165) is 38.5 Å². The predicted molar refractivity (Wildman–Crippen MR) is 79.9 cm³/mol. The molecule has 0 aromatic rings. The third-order valence-electron chi connectivity index (χ3n) is 4.03. The van der Waals surface area contributed by atoms with Gasteiger partial charge in [-0.1, -0.05) is 0 Å². The zero-order chi connectivity index (χ0) is 15.5. The predicted octanol–water partition coefficient (Wildman–Crippen LogP) is 0.804. The summed E-state index contributed by atoms with van der Waals surface area (Å²) in [5, 5.41) is 3.28. The lowest BCUT2D eigenvalue weighted by Gasteiger charge is -2.31. The summed E-state index contributed by atoms with van der Waals surface area (Å²) >= 11 is 0. The number of likely N-dealkylation sites (tertiary alicyclic amines) is 1. The minimum absolute atomic E-state index is 0.132. The first-order valence-electron chi connectivity index (χ1n) is 7.72. The summed E-state index contributed by atoms with van der Waals surface area (Å²) in [7, 11) is 2.85. The van der Waals surface area contributed by atoms with Crippen LogP contribution in [0.5, 0.6) is 0 Å². The smallest absolute Gasteiger partial charge is 0.306 e. The van der Waals surface area contributed by atoms with Crippen LogP contribution in [0.4, 0.5) is 0 Å². The molecule has 6 nitrogen and oxygen atoms in total. The van der Waals surface area contributed by atoms with Gasteiger partial charge in [0.1, 0.15) is 0 Å². The summed E-state index contributed by atoms with van der Waals surface area (Å²) in [4.78, 5) is 24.4. The maximum Gasteiger partial charge on any atom is 0.306 e. The fourth-order valence-corrected chi connectivity index (χ4v) is 2.57. The number of esters is 2. The van der Waals surface area contributed by atoms with Gasteiger partial charge in [-0.3, -0.25) is 9.59 Å². The number of nitrogens with one attached hydrogen (secondary N) is 1. The van der Waals surface area contributed by atoms with Crippen LogP contribution >= 0.6 is 0 Å². The van der Waals surface area contributed by atoms with Crippen molar-refractivity contribution in [1.82, 2.24) is 10.2 Å². The number of carbonyl (C=O) groups excluding carboxylic acids is 2. The van der Waals surface area contributed by atoms with E-state index in [-0.39, 0.29) is 11.9 Å². The Labute approximate surface area is 127 Å². The van der Waals surface area contributed by atoms with E-state index < -0.39 is 0 Å². The van der Waals surface area contributed by atoms with Gasteiger partial charge in [-0.05, 0) is 44.8 Å². The van der Waals surface area contributed by atoms with Gasteiger partial charge in [-0.25, -0.2) is 0 Å². The molecule has 0 bridgehead atoms. The summed E-state index contributed by atoms with van der Waals surface area (Å²) in [5.74, 6) is 0.443. The molecule has 21 heavy (non-hydrogen) atoms. The van der Waals surface area contributed by atoms with Crippen LogP contribution in [0.25, 0.3) is 0 Å². The molecule has 122 valence electrons. The summed E-state index contributed by atoms with van der Waals surface area (Å²) in [6, 6.07) is 0. The molecule has 0 radical (unpaired) electrons. The quantitative estimate of drug-likeness (QED) is 0.502. The summed E-state index contributed by atoms with van der Waals surface area (Å²) in [6.07, 6.45) is 4.42. The molecule has 1 heterocycles. The summed E-state index contributed by atoms with van der Waals surface area (Å²) in [5.41, 5.74) is 0. The molecule has 1 N–H and O–H groups in total. The zero-order valence-corrected chi connectivity index (χ0v) is 13.2. The number of piperidine rings is 1. The molecule has 0 atom stereocenters. The van der Waals surface area contributed by atoms with Crippen molar-refractivity contribution in [2.24, 2.45) is 5.92 Å². The SMILES string of the molecule is COC(=O)CCNCCC1CCN(CCC(=O)OC)CC1. The number of methoxy groups -OCH3 is 2. The van der Waals surface area contributed by atoms with Crippen molar-refractivity contribution >= 4 is 11.9 Å². The highest BCUT2D eigenvalue weighted by atomic mass is 16.5. The molecule has 6 heteroatoms. The fraction of sp³-hybridized carbons (Fsp3) is 0.867. The highest BCUT2D eigenvalue weighted by molar-refractivity contribution is 5.69. The lowest BCUT2D eigenvalue weighted by Crippen LogP contribution is -2.36. The van der Waals surface area contributed by atoms with Crippen molar-refractivity contribution in [3.63, 3.8) is 0 Å². The number of hydrogen-bond acceptors (Lipinski definition) is 6. The first-order valence-corrected chi connectivity index (χ1v) is 7.72. The summed E-state index contributed by atoms with van der Waals surface area (Å²) < 4.78 is 9.25. The van der Waals surface area contributed by atoms with Crippen LogP contribution < -0.4 is 5.32 Å². The van der Waals surface area contributed by atoms with Crippen LogP contribution in [0.3, 0.4) is 0 Å².